The van der Waals surface area contributed by atoms with Gasteiger partial charge in [0.05, 0.1) is 70.5 Å². The average Bonchev–Trinajstić information content (AvgIpc) is 1.27. The van der Waals surface area contributed by atoms with E-state index in [9.17, 15) is 124 Å². The third-order valence-electron chi connectivity index (χ3n) is 21.5. The van der Waals surface area contributed by atoms with Crippen molar-refractivity contribution in [3.8, 4) is 128 Å². The van der Waals surface area contributed by atoms with Crippen LogP contribution in [-0.2, 0) is 20.8 Å². The van der Waals surface area contributed by atoms with Crippen molar-refractivity contribution in [2.75, 3.05) is 13.2 Å². The number of aromatic carboxylic acids is 2. The van der Waals surface area contributed by atoms with E-state index >= 15 is 0 Å². The molecule has 776 valence electrons. The van der Waals surface area contributed by atoms with Crippen LogP contribution in [0.2, 0.25) is 0 Å². The van der Waals surface area contributed by atoms with Gasteiger partial charge in [-0.1, -0.05) is 65.7 Å². The largest absolute Gasteiger partial charge is 0.508 e. The van der Waals surface area contributed by atoms with Gasteiger partial charge < -0.3 is 115 Å². The van der Waals surface area contributed by atoms with Gasteiger partial charge in [0.25, 0.3) is 0 Å². The van der Waals surface area contributed by atoms with Crippen LogP contribution in [0.15, 0.2) is 226 Å². The standard InChI is InChI=1S/C24H20O10.C16H14I3NO3.C16H12O6.C14H9N3O3.C13H10O5.C11H6BrNO6.C9H9BrOS2.CH4/c1-12(25)20-8-14(27)22-16(4-2-6-18(22)33-20)31-10-13(26)11-32-17-5-3-7-19-23(17)15(28)9-21(34-19)24(29)30;1-8(21)14(20)5-9-2-3-15(11(17)4-9)23-10-6-12(18)16(22)13(19)7-10;1-7-2-3-9(10(18)4-7)16-15(21)14(20)13-11(19)5-8(17)6-12(13)22-16;1-2-9(6-15)13(17)10(7-16)3-8-4-11(18)14(20)12(19)5-8;1-6-2-3-7-4-8(13(17)18)5-9(14)12(16)10(7)11(6)15;1-4(14)6-2-5-3-7(12)9(15)8(13(17)18)10(5)19-11(6)16;1-4-7(5(2)11)13-9-6(10)3-12-8(4)9;/h2-7,9,13,20,26H,8,10-11H2,1H3,(H,29,30);2-4,6-7,14,22H,5,20H2,1H3;2-6,17-19,21H,1H3;1,3-5,18-20H,17H2;2-5,15H,1H3,(H,14,16)(H,17,18);2-3,15H,1H3;3,8-9H,1-2H3;1H4/b;;;10-3+,13-9+;;;;. The van der Waals surface area contributed by atoms with Crippen molar-refractivity contribution in [1.29, 1.82) is 10.5 Å². The number of aromatic hydroxyl groups is 11. The minimum absolute atomic E-state index is 0. The number of phenolic OH excluding ortho intramolecular Hbond substituents is 9. The van der Waals surface area contributed by atoms with Crippen molar-refractivity contribution in [1.82, 2.24) is 0 Å². The maximum Gasteiger partial charge on any atom is 0.371 e. The number of benzene rings is 9. The number of carbonyl (C=O) groups excluding carboxylic acids is 5. The van der Waals surface area contributed by atoms with Crippen molar-refractivity contribution in [3.63, 3.8) is 0 Å². The summed E-state index contributed by atoms with van der Waals surface area (Å²) in [5, 5.41) is 166. The highest BCUT2D eigenvalue weighted by molar-refractivity contribution is 14.1. The smallest absolute Gasteiger partial charge is 0.371 e. The lowest BCUT2D eigenvalue weighted by Crippen LogP contribution is -2.33. The average molecular weight is 2550 g/mol. The van der Waals surface area contributed by atoms with E-state index in [-0.39, 0.29) is 189 Å². The molecular formula is C104H84Br2I3N5O34S2. The van der Waals surface area contributed by atoms with Crippen LogP contribution in [-0.4, -0.2) is 159 Å². The number of hydrogen-bond donors (Lipinski definition) is 16. The predicted molar refractivity (Wildman–Crippen MR) is 586 cm³/mol. The number of halogens is 5. The first-order chi connectivity index (χ1) is 70.2. The quantitative estimate of drug-likeness (QED) is 0.00388. The first-order valence-corrected chi connectivity index (χ1v) is 49.3. The Bertz CT molecular complexity index is 8190. The fraction of sp³-hybridized carbons (Fsp3) is 0.163. The van der Waals surface area contributed by atoms with Gasteiger partial charge in [-0.05, 0) is 274 Å². The van der Waals surface area contributed by atoms with Crippen molar-refractivity contribution in [2.24, 2.45) is 11.5 Å². The molecule has 0 fully saturated rings. The van der Waals surface area contributed by atoms with Crippen LogP contribution in [0.25, 0.3) is 61.1 Å². The number of nitro groups is 1. The molecule has 0 saturated carbocycles. The van der Waals surface area contributed by atoms with Crippen molar-refractivity contribution in [2.45, 2.75) is 97.5 Å². The maximum atomic E-state index is 12.5. The zero-order valence-electron chi connectivity index (χ0n) is 78.0. The normalized spacial score (nSPS) is 14.0. The number of thioether (sulfide) groups is 2. The van der Waals surface area contributed by atoms with Gasteiger partial charge in [0.2, 0.25) is 33.7 Å². The second-order valence-electron chi connectivity index (χ2n) is 32.1. The van der Waals surface area contributed by atoms with Crippen LogP contribution >= 0.6 is 123 Å². The van der Waals surface area contributed by atoms with Gasteiger partial charge in [0, 0.05) is 39.4 Å². The molecule has 39 nitrogen and oxygen atoms in total. The van der Waals surface area contributed by atoms with Crippen molar-refractivity contribution < 1.29 is 142 Å². The van der Waals surface area contributed by atoms with Gasteiger partial charge in [-0.2, -0.15) is 10.5 Å². The van der Waals surface area contributed by atoms with Crippen molar-refractivity contribution in [3.05, 3.63) is 300 Å². The molecule has 6 heterocycles. The molecule has 0 spiro atoms. The molecule has 3 aliphatic rings. The molecule has 0 amide bonds. The number of nitro benzene ring substituents is 1. The molecule has 5 unspecified atom stereocenters. The summed E-state index contributed by atoms with van der Waals surface area (Å²) >= 11 is 16.3. The number of carboxylic acid groups (broad SMARTS) is 2. The minimum atomic E-state index is -1.37. The molecule has 0 radical (unpaired) electrons. The molecule has 150 heavy (non-hydrogen) atoms. The number of phenols is 9. The van der Waals surface area contributed by atoms with Crippen LogP contribution in [0.1, 0.15) is 112 Å². The summed E-state index contributed by atoms with van der Waals surface area (Å²) in [4.78, 5) is 139. The topological polar surface area (TPSA) is 690 Å². The summed E-state index contributed by atoms with van der Waals surface area (Å²) in [7, 11) is 0. The van der Waals surface area contributed by atoms with E-state index in [4.69, 9.17) is 70.8 Å². The molecule has 5 atom stereocenters. The molecule has 10 aromatic carbocycles. The predicted octanol–water partition coefficient (Wildman–Crippen LogP) is 18.3. The lowest BCUT2D eigenvalue weighted by molar-refractivity contribution is -0.384. The number of nitrogens with two attached hydrogens (primary N) is 2. The number of fused-ring (bicyclic) bond motifs is 6. The molecule has 46 heteroatoms. The summed E-state index contributed by atoms with van der Waals surface area (Å²) in [6, 6.07) is 39.0. The third-order valence-corrected chi connectivity index (χ3v) is 29.0. The number of nitrogens with zero attached hydrogens (tertiary/aromatic N) is 3. The van der Waals surface area contributed by atoms with Gasteiger partial charge in [0.15, 0.2) is 63.4 Å². The highest BCUT2D eigenvalue weighted by atomic mass is 127. The minimum Gasteiger partial charge on any atom is -0.508 e. The van der Waals surface area contributed by atoms with Gasteiger partial charge in [-0.3, -0.25) is 48.5 Å². The SMILES string of the molecule is C.C#C/C(C#N)=C(N)/C(C#N)=C/c1cc(O)c(O)c(O)c1.CC(=O)C(N)Cc1ccc(Oc2cc(I)c(O)c(I)c2)c(I)c1.CC(=O)C1=C(C)C2SC=C(Br)C2S1.CC(=O)C1CC(=O)c2c(OCC(O)COc3cccc4oc(C(=O)O)cc(=O)c34)cccc2O1.CC(=O)c1cc2cc(Br)c(O)c([N+](=O)[O-])c2oc1=O.Cc1ccc(-c2oc3cc(O)cc(O)c3c(=O)c2O)c(O)c1.Cc1ccc2cc(C(=O)O)cc(=O)c(O)c2c1O. The Balaban J connectivity index is 0.000000197. The number of Topliss-reactive ketones (excluding diaryl/α,β-unsaturated/α-hetero) is 5. The maximum absolute atomic E-state index is 12.5. The highest BCUT2D eigenvalue weighted by Crippen LogP contribution is 2.54. The number of ketones is 5. The van der Waals surface area contributed by atoms with Crippen LogP contribution in [0.5, 0.6) is 92.0 Å². The number of aryl methyl sites for hydroxylation is 2. The lowest BCUT2D eigenvalue weighted by atomic mass is 9.98. The van der Waals surface area contributed by atoms with E-state index in [0.717, 1.165) is 68.9 Å². The van der Waals surface area contributed by atoms with Gasteiger partial charge in [-0.15, -0.1) is 29.9 Å². The fourth-order valence-electron chi connectivity index (χ4n) is 14.0. The number of ether oxygens (including phenoxy) is 4. The number of terminal acetylenes is 1. The number of hydrogen-bond acceptors (Lipinski definition) is 38. The highest BCUT2D eigenvalue weighted by Gasteiger charge is 2.40. The summed E-state index contributed by atoms with van der Waals surface area (Å²) in [6.07, 6.45) is 4.74. The molecular weight excluding hydrogens is 2470 g/mol. The summed E-state index contributed by atoms with van der Waals surface area (Å²) in [6.45, 7) is 10.6. The van der Waals surface area contributed by atoms with E-state index in [1.807, 2.05) is 35.9 Å². The molecule has 3 aromatic heterocycles. The molecule has 0 saturated heterocycles. The molecule has 0 aliphatic carbocycles. The molecule has 18 N–H and O–H groups in total. The number of carbonyl (C=O) groups is 7. The number of carboxylic acids is 2. The lowest BCUT2D eigenvalue weighted by Gasteiger charge is -2.25. The first-order valence-electron chi connectivity index (χ1n) is 42.7. The number of aliphatic hydroxyl groups excluding tert-OH is 1. The Labute approximate surface area is 914 Å². The second kappa shape index (κ2) is 51.4. The number of nitriles is 2. The summed E-state index contributed by atoms with van der Waals surface area (Å²) in [5.74, 6) is -5.01. The third kappa shape index (κ3) is 28.3. The monoisotopic (exact) mass is 2550 g/mol. The molecule has 13 aromatic rings. The Morgan fingerprint density at radius 2 is 1.29 bits per heavy atom. The molecule has 16 rings (SSSR count). The fourth-order valence-corrected chi connectivity index (χ4v) is 20.7. The van der Waals surface area contributed by atoms with Crippen LogP contribution in [0.3, 0.4) is 0 Å². The number of aliphatic hydroxyl groups is 1. The van der Waals surface area contributed by atoms with Crippen LogP contribution < -0.4 is 52.3 Å². The first kappa shape index (κ1) is 118. The zero-order chi connectivity index (χ0) is 110. The Kier molecular flexibility index (Phi) is 40.5. The molecule has 0 bridgehead atoms. The van der Waals surface area contributed by atoms with E-state index < -0.39 is 115 Å². The van der Waals surface area contributed by atoms with E-state index in [1.165, 1.54) is 91.5 Å². The van der Waals surface area contributed by atoms with Gasteiger partial charge in [-0.25, -0.2) is 14.4 Å². The Hall–Kier alpha value is -15.5. The number of rotatable bonds is 20. The van der Waals surface area contributed by atoms with Crippen molar-refractivity contribution >= 4 is 219 Å². The zero-order valence-corrected chi connectivity index (χ0v) is 89.3. The Morgan fingerprint density at radius 3 is 1.87 bits per heavy atom. The van der Waals surface area contributed by atoms with E-state index in [1.54, 1.807) is 87.1 Å². The summed E-state index contributed by atoms with van der Waals surface area (Å²) in [5.41, 5.74) is 10.1. The van der Waals surface area contributed by atoms with Gasteiger partial charge >= 0.3 is 23.3 Å². The van der Waals surface area contributed by atoms with Gasteiger partial charge in [0.1, 0.15) is 133 Å². The second-order valence-corrected chi connectivity index (χ2v) is 39.6. The van der Waals surface area contributed by atoms with E-state index in [2.05, 4.69) is 112 Å². The number of allylic oxidation sites excluding steroid dienone is 3. The summed E-state index contributed by atoms with van der Waals surface area (Å²) < 4.78 is 41.8. The Morgan fingerprint density at radius 1 is 0.640 bits per heavy atom. The molecule has 3 aliphatic heterocycles. The van der Waals surface area contributed by atoms with Crippen LogP contribution in [0.4, 0.5) is 5.69 Å². The van der Waals surface area contributed by atoms with E-state index in [0.29, 0.717) is 28.2 Å². The van der Waals surface area contributed by atoms with Crippen LogP contribution in [0, 0.1) is 69.7 Å².